The Kier molecular flexibility index (Phi) is 7.45. The van der Waals surface area contributed by atoms with Gasteiger partial charge in [0, 0.05) is 39.3 Å². The molecule has 1 N–H and O–H groups in total. The molecular weight excluding hydrogens is 392 g/mol. The van der Waals surface area contributed by atoms with Gasteiger partial charge in [-0.05, 0) is 34.7 Å². The zero-order valence-electron chi connectivity index (χ0n) is 18.6. The van der Waals surface area contributed by atoms with Gasteiger partial charge in [0.05, 0.1) is 19.3 Å². The lowest BCUT2D eigenvalue weighted by molar-refractivity contribution is 0.000854. The number of piperazine rings is 1. The first-order valence-electron chi connectivity index (χ1n) is 11.2. The van der Waals surface area contributed by atoms with Crippen LogP contribution in [0.5, 0.6) is 11.5 Å². The summed E-state index contributed by atoms with van der Waals surface area (Å²) in [5.74, 6) is 2.11. The van der Waals surface area contributed by atoms with E-state index in [1.54, 1.807) is 0 Å². The Labute approximate surface area is 185 Å². The summed E-state index contributed by atoms with van der Waals surface area (Å²) in [5, 5.41) is 10.4. The van der Waals surface area contributed by atoms with Gasteiger partial charge < -0.3 is 19.3 Å². The summed E-state index contributed by atoms with van der Waals surface area (Å²) < 4.78 is 16.4. The van der Waals surface area contributed by atoms with Crippen LogP contribution in [0.3, 0.4) is 0 Å². The largest absolute Gasteiger partial charge is 0.454 e. The summed E-state index contributed by atoms with van der Waals surface area (Å²) in [6, 6.07) is 14.8. The molecule has 2 aromatic carbocycles. The van der Waals surface area contributed by atoms with E-state index in [4.69, 9.17) is 14.2 Å². The zero-order valence-corrected chi connectivity index (χ0v) is 18.6. The van der Waals surface area contributed by atoms with Gasteiger partial charge in [-0.3, -0.25) is 9.80 Å². The molecule has 0 spiro atoms. The highest BCUT2D eigenvalue weighted by molar-refractivity contribution is 5.44. The molecule has 2 heterocycles. The number of aliphatic hydroxyl groups excluding tert-OH is 1. The highest BCUT2D eigenvalue weighted by Gasteiger charge is 2.20. The molecule has 0 radical (unpaired) electrons. The third-order valence-electron chi connectivity index (χ3n) is 6.00. The van der Waals surface area contributed by atoms with Crippen LogP contribution >= 0.6 is 0 Å². The summed E-state index contributed by atoms with van der Waals surface area (Å²) in [6.07, 6.45) is -0.482. The molecule has 0 aromatic heterocycles. The number of hydrogen-bond donors (Lipinski definition) is 1. The van der Waals surface area contributed by atoms with Gasteiger partial charge in [-0.15, -0.1) is 0 Å². The van der Waals surface area contributed by atoms with Gasteiger partial charge in [0.15, 0.2) is 11.5 Å². The second-order valence-corrected chi connectivity index (χ2v) is 8.83. The number of aliphatic hydroxyl groups is 1. The molecule has 1 unspecified atom stereocenters. The molecule has 1 fully saturated rings. The van der Waals surface area contributed by atoms with Crippen molar-refractivity contribution in [2.75, 3.05) is 46.1 Å². The Hall–Kier alpha value is -2.12. The number of β-amino-alcohol motifs (C(OH)–C–C–N with tert-alkyl or cyclic N) is 1. The molecule has 2 aliphatic heterocycles. The molecule has 4 rings (SSSR count). The average molecular weight is 427 g/mol. The van der Waals surface area contributed by atoms with Crippen molar-refractivity contribution in [3.63, 3.8) is 0 Å². The van der Waals surface area contributed by atoms with Gasteiger partial charge in [-0.25, -0.2) is 0 Å². The lowest BCUT2D eigenvalue weighted by Gasteiger charge is -2.35. The Morgan fingerprint density at radius 2 is 1.58 bits per heavy atom. The van der Waals surface area contributed by atoms with Crippen molar-refractivity contribution >= 4 is 0 Å². The van der Waals surface area contributed by atoms with Crippen molar-refractivity contribution in [2.45, 2.75) is 39.0 Å². The van der Waals surface area contributed by atoms with Crippen LogP contribution in [0.2, 0.25) is 0 Å². The molecule has 1 saturated heterocycles. The van der Waals surface area contributed by atoms with E-state index in [9.17, 15) is 5.11 Å². The van der Waals surface area contributed by atoms with E-state index >= 15 is 0 Å². The summed E-state index contributed by atoms with van der Waals surface area (Å²) in [7, 11) is 0. The minimum absolute atomic E-state index is 0.274. The second kappa shape index (κ2) is 10.5. The number of ether oxygens (including phenoxy) is 3. The molecule has 0 aliphatic carbocycles. The van der Waals surface area contributed by atoms with Crippen molar-refractivity contribution in [3.05, 3.63) is 59.2 Å². The van der Waals surface area contributed by atoms with E-state index in [1.807, 2.05) is 18.2 Å². The Balaban J connectivity index is 1.13. The first-order valence-corrected chi connectivity index (χ1v) is 11.2. The standard InChI is InChI=1S/C25H34N2O4/c1-19(2)22-6-3-20(4-7-22)14-26-9-11-27(12-10-26)15-23(28)17-29-16-21-5-8-24-25(13-21)31-18-30-24/h3-8,13,19,23,28H,9-12,14-18H2,1-2H3. The Morgan fingerprint density at radius 3 is 2.32 bits per heavy atom. The molecule has 0 amide bonds. The number of benzene rings is 2. The number of fused-ring (bicyclic) bond motifs is 1. The predicted octanol–water partition coefficient (Wildman–Crippen LogP) is 3.23. The van der Waals surface area contributed by atoms with Crippen LogP contribution in [0.15, 0.2) is 42.5 Å². The molecule has 2 aliphatic rings. The van der Waals surface area contributed by atoms with Gasteiger partial charge >= 0.3 is 0 Å². The fourth-order valence-corrected chi connectivity index (χ4v) is 4.09. The Morgan fingerprint density at radius 1 is 0.903 bits per heavy atom. The molecule has 1 atom stereocenters. The lowest BCUT2D eigenvalue weighted by Crippen LogP contribution is -2.48. The highest BCUT2D eigenvalue weighted by atomic mass is 16.7. The maximum atomic E-state index is 10.4. The predicted molar refractivity (Wildman–Crippen MR) is 120 cm³/mol. The lowest BCUT2D eigenvalue weighted by atomic mass is 10.0. The first-order chi connectivity index (χ1) is 15.1. The van der Waals surface area contributed by atoms with Crippen LogP contribution in [0.4, 0.5) is 0 Å². The van der Waals surface area contributed by atoms with Crippen molar-refractivity contribution in [1.29, 1.82) is 0 Å². The van der Waals surface area contributed by atoms with E-state index in [1.165, 1.54) is 11.1 Å². The van der Waals surface area contributed by atoms with Crippen LogP contribution < -0.4 is 9.47 Å². The number of nitrogens with zero attached hydrogens (tertiary/aromatic N) is 2. The van der Waals surface area contributed by atoms with Crippen LogP contribution in [0.25, 0.3) is 0 Å². The molecule has 0 bridgehead atoms. The molecule has 6 heteroatoms. The van der Waals surface area contributed by atoms with Crippen LogP contribution in [0.1, 0.15) is 36.5 Å². The van der Waals surface area contributed by atoms with Crippen LogP contribution in [-0.2, 0) is 17.9 Å². The van der Waals surface area contributed by atoms with Gasteiger partial charge in [-0.1, -0.05) is 44.2 Å². The minimum atomic E-state index is -0.482. The summed E-state index contributed by atoms with van der Waals surface area (Å²) >= 11 is 0. The van der Waals surface area contributed by atoms with Gasteiger partial charge in [-0.2, -0.15) is 0 Å². The van der Waals surface area contributed by atoms with Gasteiger partial charge in [0.25, 0.3) is 0 Å². The molecule has 31 heavy (non-hydrogen) atoms. The third-order valence-corrected chi connectivity index (χ3v) is 6.00. The highest BCUT2D eigenvalue weighted by Crippen LogP contribution is 2.32. The fourth-order valence-electron chi connectivity index (χ4n) is 4.09. The van der Waals surface area contributed by atoms with E-state index in [2.05, 4.69) is 47.9 Å². The molecule has 2 aromatic rings. The zero-order chi connectivity index (χ0) is 21.6. The van der Waals surface area contributed by atoms with Gasteiger partial charge in [0.2, 0.25) is 6.79 Å². The fraction of sp³-hybridized carbons (Fsp3) is 0.520. The molecule has 0 saturated carbocycles. The van der Waals surface area contributed by atoms with Crippen molar-refractivity contribution in [3.8, 4) is 11.5 Å². The normalized spacial score (nSPS) is 17.9. The van der Waals surface area contributed by atoms with E-state index in [0.717, 1.165) is 49.8 Å². The third kappa shape index (κ3) is 6.20. The average Bonchev–Trinajstić information content (AvgIpc) is 3.23. The summed E-state index contributed by atoms with van der Waals surface area (Å²) in [6.45, 7) is 11.2. The monoisotopic (exact) mass is 426 g/mol. The first kappa shape index (κ1) is 22.1. The van der Waals surface area contributed by atoms with Gasteiger partial charge in [0.1, 0.15) is 0 Å². The van der Waals surface area contributed by atoms with Crippen molar-refractivity contribution < 1.29 is 19.3 Å². The van der Waals surface area contributed by atoms with Crippen LogP contribution in [0, 0.1) is 0 Å². The van der Waals surface area contributed by atoms with E-state index in [-0.39, 0.29) is 6.79 Å². The van der Waals surface area contributed by atoms with Crippen molar-refractivity contribution in [2.24, 2.45) is 0 Å². The maximum absolute atomic E-state index is 10.4. The maximum Gasteiger partial charge on any atom is 0.231 e. The quantitative estimate of drug-likeness (QED) is 0.665. The SMILES string of the molecule is CC(C)c1ccc(CN2CCN(CC(O)COCc3ccc4c(c3)OCO4)CC2)cc1. The molecule has 168 valence electrons. The Bertz CT molecular complexity index is 832. The van der Waals surface area contributed by atoms with E-state index < -0.39 is 6.10 Å². The van der Waals surface area contributed by atoms with Crippen molar-refractivity contribution in [1.82, 2.24) is 9.80 Å². The van der Waals surface area contributed by atoms with E-state index in [0.29, 0.717) is 25.7 Å². The summed E-state index contributed by atoms with van der Waals surface area (Å²) in [4.78, 5) is 4.82. The summed E-state index contributed by atoms with van der Waals surface area (Å²) in [5.41, 5.74) is 3.78. The second-order valence-electron chi connectivity index (χ2n) is 8.83. The topological polar surface area (TPSA) is 54.4 Å². The molecular formula is C25H34N2O4. The number of hydrogen-bond acceptors (Lipinski definition) is 6. The molecule has 6 nitrogen and oxygen atoms in total. The number of rotatable bonds is 9. The minimum Gasteiger partial charge on any atom is -0.454 e. The van der Waals surface area contributed by atoms with Crippen LogP contribution in [-0.4, -0.2) is 67.1 Å². The smallest absolute Gasteiger partial charge is 0.231 e.